The molecule has 1 aromatic carbocycles. The topological polar surface area (TPSA) is 119 Å². The molecule has 12 nitrogen and oxygen atoms in total. The zero-order valence-corrected chi connectivity index (χ0v) is 21.7. The van der Waals surface area contributed by atoms with Crippen LogP contribution in [0.3, 0.4) is 0 Å². The molecule has 1 fully saturated rings. The second kappa shape index (κ2) is 10.3. The Morgan fingerprint density at radius 3 is 2.55 bits per heavy atom. The molecule has 1 aliphatic heterocycles. The molecule has 0 bridgehead atoms. The Hall–Kier alpha value is -4.16. The van der Waals surface area contributed by atoms with Gasteiger partial charge in [0.2, 0.25) is 11.8 Å². The first kappa shape index (κ1) is 24.2. The van der Waals surface area contributed by atoms with Crippen LogP contribution in [0.25, 0.3) is 28.4 Å². The van der Waals surface area contributed by atoms with Gasteiger partial charge in [0.25, 0.3) is 0 Å². The number of furan rings is 1. The van der Waals surface area contributed by atoms with E-state index < -0.39 is 0 Å². The number of benzene rings is 1. The number of nitrogens with zero attached hydrogens (tertiary/aromatic N) is 9. The highest BCUT2D eigenvalue weighted by atomic mass is 16.5. The maximum Gasteiger partial charge on any atom is 0.225 e. The van der Waals surface area contributed by atoms with Gasteiger partial charge >= 0.3 is 0 Å². The highest BCUT2D eigenvalue weighted by molar-refractivity contribution is 5.87. The van der Waals surface area contributed by atoms with Gasteiger partial charge in [0.1, 0.15) is 12.4 Å². The Labute approximate surface area is 220 Å². The second-order valence-corrected chi connectivity index (χ2v) is 9.70. The molecular weight excluding hydrogens is 484 g/mol. The van der Waals surface area contributed by atoms with E-state index >= 15 is 0 Å². The van der Waals surface area contributed by atoms with Crippen LogP contribution in [0.15, 0.2) is 53.4 Å². The van der Waals surface area contributed by atoms with Crippen molar-refractivity contribution in [2.45, 2.75) is 6.54 Å². The van der Waals surface area contributed by atoms with Gasteiger partial charge in [-0.15, -0.1) is 5.10 Å². The average molecular weight is 517 g/mol. The maximum atomic E-state index is 6.22. The first-order chi connectivity index (χ1) is 18.5. The molecule has 0 spiro atoms. The van der Waals surface area contributed by atoms with Crippen LogP contribution in [0.2, 0.25) is 0 Å². The monoisotopic (exact) mass is 516 g/mol. The fourth-order valence-corrected chi connectivity index (χ4v) is 4.68. The van der Waals surface area contributed by atoms with E-state index in [1.807, 2.05) is 24.7 Å². The molecular formula is C26H32N10O2. The third kappa shape index (κ3) is 4.87. The van der Waals surface area contributed by atoms with E-state index in [1.165, 1.54) is 10.2 Å². The molecule has 5 heterocycles. The van der Waals surface area contributed by atoms with Gasteiger partial charge in [-0.25, -0.2) is 9.97 Å². The first-order valence-electron chi connectivity index (χ1n) is 12.8. The fraction of sp³-hybridized carbons (Fsp3) is 0.385. The molecule has 4 aromatic heterocycles. The van der Waals surface area contributed by atoms with Gasteiger partial charge in [0.05, 0.1) is 12.6 Å². The summed E-state index contributed by atoms with van der Waals surface area (Å²) in [6.45, 7) is 7.19. The van der Waals surface area contributed by atoms with Crippen molar-refractivity contribution in [1.82, 2.24) is 38.9 Å². The van der Waals surface area contributed by atoms with E-state index in [9.17, 15) is 0 Å². The summed E-state index contributed by atoms with van der Waals surface area (Å²) in [5.74, 6) is 2.21. The molecule has 38 heavy (non-hydrogen) atoms. The highest BCUT2D eigenvalue weighted by Gasteiger charge is 2.20. The minimum atomic E-state index is 0.266. The summed E-state index contributed by atoms with van der Waals surface area (Å²) in [5, 5.41) is 4.44. The van der Waals surface area contributed by atoms with Crippen molar-refractivity contribution >= 4 is 28.4 Å². The van der Waals surface area contributed by atoms with Crippen LogP contribution in [0.1, 0.15) is 0 Å². The third-order valence-corrected chi connectivity index (χ3v) is 6.85. The minimum absolute atomic E-state index is 0.266. The highest BCUT2D eigenvalue weighted by Crippen LogP contribution is 2.24. The summed E-state index contributed by atoms with van der Waals surface area (Å²) in [6, 6.07) is 12.0. The van der Waals surface area contributed by atoms with Crippen LogP contribution in [0, 0.1) is 0 Å². The van der Waals surface area contributed by atoms with Crippen molar-refractivity contribution in [3.8, 4) is 17.3 Å². The summed E-state index contributed by atoms with van der Waals surface area (Å²) < 4.78 is 14.8. The lowest BCUT2D eigenvalue weighted by molar-refractivity contribution is 0.249. The molecule has 0 amide bonds. The Balaban J connectivity index is 1.07. The summed E-state index contributed by atoms with van der Waals surface area (Å²) >= 11 is 0. The SMILES string of the molecule is CN(C)CCOc1ccc(N2CCN(CCn3cnc4c3nc(N)n3nc(-c5ccco5)nc43)CC2)cc1. The van der Waals surface area contributed by atoms with Gasteiger partial charge in [-0.2, -0.15) is 9.50 Å². The molecule has 198 valence electrons. The van der Waals surface area contributed by atoms with Crippen molar-refractivity contribution in [3.05, 3.63) is 49.0 Å². The van der Waals surface area contributed by atoms with Crippen LogP contribution in [0.4, 0.5) is 11.6 Å². The summed E-state index contributed by atoms with van der Waals surface area (Å²) in [4.78, 5) is 20.8. The predicted molar refractivity (Wildman–Crippen MR) is 145 cm³/mol. The van der Waals surface area contributed by atoms with Crippen molar-refractivity contribution < 1.29 is 9.15 Å². The normalized spacial score (nSPS) is 14.8. The largest absolute Gasteiger partial charge is 0.492 e. The van der Waals surface area contributed by atoms with Crippen LogP contribution in [-0.2, 0) is 6.54 Å². The van der Waals surface area contributed by atoms with Gasteiger partial charge in [-0.3, -0.25) is 4.90 Å². The predicted octanol–water partition coefficient (Wildman–Crippen LogP) is 2.08. The number of piperazine rings is 1. The van der Waals surface area contributed by atoms with E-state index in [4.69, 9.17) is 14.9 Å². The Morgan fingerprint density at radius 2 is 1.82 bits per heavy atom. The van der Waals surface area contributed by atoms with Crippen LogP contribution in [-0.4, -0.2) is 98.9 Å². The van der Waals surface area contributed by atoms with Crippen molar-refractivity contribution in [2.75, 3.05) is 70.6 Å². The van der Waals surface area contributed by atoms with Crippen LogP contribution < -0.4 is 15.4 Å². The van der Waals surface area contributed by atoms with Crippen molar-refractivity contribution in [3.63, 3.8) is 0 Å². The fourth-order valence-electron chi connectivity index (χ4n) is 4.68. The van der Waals surface area contributed by atoms with Crippen LogP contribution >= 0.6 is 0 Å². The zero-order chi connectivity index (χ0) is 26.1. The minimum Gasteiger partial charge on any atom is -0.492 e. The van der Waals surface area contributed by atoms with Crippen LogP contribution in [0.5, 0.6) is 5.75 Å². The molecule has 0 unspecified atom stereocenters. The summed E-state index contributed by atoms with van der Waals surface area (Å²) in [5.41, 5.74) is 9.40. The quantitative estimate of drug-likeness (QED) is 0.312. The van der Waals surface area contributed by atoms with E-state index in [-0.39, 0.29) is 5.95 Å². The van der Waals surface area contributed by atoms with Crippen molar-refractivity contribution in [2.24, 2.45) is 0 Å². The third-order valence-electron chi connectivity index (χ3n) is 6.85. The summed E-state index contributed by atoms with van der Waals surface area (Å²) in [7, 11) is 4.09. The Kier molecular flexibility index (Phi) is 6.56. The molecule has 0 atom stereocenters. The number of anilines is 2. The number of hydrogen-bond donors (Lipinski definition) is 1. The number of nitrogen functional groups attached to an aromatic ring is 1. The molecule has 5 aromatic rings. The number of ether oxygens (including phenoxy) is 1. The van der Waals surface area contributed by atoms with Gasteiger partial charge in [0, 0.05) is 51.5 Å². The number of aromatic nitrogens is 6. The number of fused-ring (bicyclic) bond motifs is 3. The van der Waals surface area contributed by atoms with E-state index in [1.54, 1.807) is 18.7 Å². The lowest BCUT2D eigenvalue weighted by Gasteiger charge is -2.36. The number of likely N-dealkylation sites (N-methyl/N-ethyl adjacent to an activating group) is 1. The smallest absolute Gasteiger partial charge is 0.225 e. The molecule has 1 aliphatic rings. The summed E-state index contributed by atoms with van der Waals surface area (Å²) in [6.07, 6.45) is 3.39. The number of rotatable bonds is 9. The molecule has 2 N–H and O–H groups in total. The van der Waals surface area contributed by atoms with Crippen molar-refractivity contribution in [1.29, 1.82) is 0 Å². The second-order valence-electron chi connectivity index (χ2n) is 9.70. The van der Waals surface area contributed by atoms with E-state index in [2.05, 4.69) is 59.0 Å². The number of nitrogens with two attached hydrogens (primary N) is 1. The maximum absolute atomic E-state index is 6.22. The van der Waals surface area contributed by atoms with Gasteiger partial charge in [-0.1, -0.05) is 0 Å². The average Bonchev–Trinajstić information content (AvgIpc) is 3.68. The standard InChI is InChI=1S/C26H32N10O2/c1-32(2)15-17-37-20-7-5-19(6-8-20)34-12-9-33(10-13-34)11-14-35-18-28-22-24(35)30-26(27)36-25(22)29-23(31-36)21-4-3-16-38-21/h3-8,16,18H,9-15,17H2,1-2H3,(H2,27,30). The Bertz CT molecular complexity index is 1500. The zero-order valence-electron chi connectivity index (χ0n) is 21.7. The van der Waals surface area contributed by atoms with Gasteiger partial charge in [-0.05, 0) is 50.5 Å². The lowest BCUT2D eigenvalue weighted by Crippen LogP contribution is -2.47. The Morgan fingerprint density at radius 1 is 1.00 bits per heavy atom. The molecule has 0 radical (unpaired) electrons. The number of imidazole rings is 1. The molecule has 12 heteroatoms. The number of hydrogen-bond acceptors (Lipinski definition) is 10. The van der Waals surface area contributed by atoms with E-state index in [0.717, 1.165) is 51.6 Å². The molecule has 6 rings (SSSR count). The molecule has 0 saturated carbocycles. The molecule has 0 aliphatic carbocycles. The molecule has 1 saturated heterocycles. The lowest BCUT2D eigenvalue weighted by atomic mass is 10.2. The first-order valence-corrected chi connectivity index (χ1v) is 12.8. The van der Waals surface area contributed by atoms with Gasteiger partial charge < -0.3 is 29.3 Å². The van der Waals surface area contributed by atoms with E-state index in [0.29, 0.717) is 35.0 Å². The van der Waals surface area contributed by atoms with Gasteiger partial charge in [0.15, 0.2) is 22.6 Å².